The Bertz CT molecular complexity index is 305. The van der Waals surface area contributed by atoms with Crippen molar-refractivity contribution in [1.82, 2.24) is 0 Å². The van der Waals surface area contributed by atoms with E-state index in [1.165, 1.54) is 0 Å². The topological polar surface area (TPSA) is 39.7 Å². The highest BCUT2D eigenvalue weighted by molar-refractivity contribution is 6.18. The molecule has 0 fully saturated rings. The Morgan fingerprint density at radius 1 is 1.07 bits per heavy atom. The van der Waals surface area contributed by atoms with E-state index in [2.05, 4.69) is 5.32 Å². The van der Waals surface area contributed by atoms with Crippen molar-refractivity contribution in [3.05, 3.63) is 12.1 Å². The molecular formula is C10H14ClNO3. The summed E-state index contributed by atoms with van der Waals surface area (Å²) in [6, 6.07) is 3.80. The van der Waals surface area contributed by atoms with Gasteiger partial charge in [-0.05, 0) is 0 Å². The largest absolute Gasteiger partial charge is 0.496 e. The number of hydrogen-bond donors (Lipinski definition) is 1. The fourth-order valence-corrected chi connectivity index (χ4v) is 1.38. The summed E-state index contributed by atoms with van der Waals surface area (Å²) < 4.78 is 15.5. The number of methoxy groups -OCH3 is 3. The van der Waals surface area contributed by atoms with Crippen LogP contribution in [0.25, 0.3) is 0 Å². The number of alkyl halides is 1. The lowest BCUT2D eigenvalue weighted by Gasteiger charge is -2.14. The third kappa shape index (κ3) is 2.59. The summed E-state index contributed by atoms with van der Waals surface area (Å²) in [5.41, 5.74) is 0.718. The second-order valence-corrected chi connectivity index (χ2v) is 2.98. The summed E-state index contributed by atoms with van der Waals surface area (Å²) in [7, 11) is 4.74. The van der Waals surface area contributed by atoms with Gasteiger partial charge in [0.05, 0.1) is 27.3 Å². The first kappa shape index (κ1) is 11.8. The number of rotatable bonds is 5. The third-order valence-corrected chi connectivity index (χ3v) is 2.09. The molecule has 0 spiro atoms. The van der Waals surface area contributed by atoms with Crippen molar-refractivity contribution in [2.45, 2.75) is 0 Å². The van der Waals surface area contributed by atoms with Gasteiger partial charge in [-0.15, -0.1) is 11.6 Å². The van der Waals surface area contributed by atoms with Crippen LogP contribution in [0.1, 0.15) is 0 Å². The van der Waals surface area contributed by atoms with Crippen molar-refractivity contribution in [3.63, 3.8) is 0 Å². The fraction of sp³-hybridized carbons (Fsp3) is 0.400. The maximum atomic E-state index is 5.61. The van der Waals surface area contributed by atoms with Crippen LogP contribution >= 0.6 is 11.6 Å². The van der Waals surface area contributed by atoms with Crippen LogP contribution in [-0.4, -0.2) is 27.3 Å². The van der Waals surface area contributed by atoms with Crippen LogP contribution in [0.2, 0.25) is 0 Å². The molecule has 1 rings (SSSR count). The molecule has 0 aliphatic heterocycles. The Kier molecular flexibility index (Phi) is 4.37. The summed E-state index contributed by atoms with van der Waals surface area (Å²) in [5.74, 6) is 1.93. The van der Waals surface area contributed by atoms with Crippen LogP contribution in [-0.2, 0) is 0 Å². The smallest absolute Gasteiger partial charge is 0.149 e. The Morgan fingerprint density at radius 3 is 1.93 bits per heavy atom. The molecule has 0 radical (unpaired) electrons. The van der Waals surface area contributed by atoms with Gasteiger partial charge < -0.3 is 19.5 Å². The van der Waals surface area contributed by atoms with E-state index in [0.717, 1.165) is 5.69 Å². The van der Waals surface area contributed by atoms with Crippen molar-refractivity contribution in [2.24, 2.45) is 0 Å². The van der Waals surface area contributed by atoms with E-state index in [9.17, 15) is 0 Å². The summed E-state index contributed by atoms with van der Waals surface area (Å²) in [5, 5.41) is 2.96. The van der Waals surface area contributed by atoms with Crippen LogP contribution in [0, 0.1) is 0 Å². The van der Waals surface area contributed by atoms with Gasteiger partial charge in [-0.2, -0.15) is 0 Å². The van der Waals surface area contributed by atoms with Crippen molar-refractivity contribution in [3.8, 4) is 17.2 Å². The van der Waals surface area contributed by atoms with Crippen LogP contribution in [0.5, 0.6) is 17.2 Å². The number of halogens is 1. The van der Waals surface area contributed by atoms with Gasteiger partial charge in [0.2, 0.25) is 0 Å². The molecule has 1 aromatic carbocycles. The SMILES string of the molecule is COc1cc(OC)c(NCCl)c(OC)c1. The average molecular weight is 232 g/mol. The predicted octanol–water partition coefficient (Wildman–Crippen LogP) is 2.32. The van der Waals surface area contributed by atoms with Crippen LogP contribution in [0.4, 0.5) is 5.69 Å². The molecule has 0 aliphatic rings. The molecule has 1 N–H and O–H groups in total. The zero-order valence-corrected chi connectivity index (χ0v) is 9.72. The fourth-order valence-electron chi connectivity index (χ4n) is 1.25. The van der Waals surface area contributed by atoms with Gasteiger partial charge in [0.15, 0.2) is 0 Å². The van der Waals surface area contributed by atoms with Crippen molar-refractivity contribution < 1.29 is 14.2 Å². The molecule has 0 aliphatic carbocycles. The minimum Gasteiger partial charge on any atom is -0.496 e. The quantitative estimate of drug-likeness (QED) is 0.624. The highest BCUT2D eigenvalue weighted by atomic mass is 35.5. The molecule has 0 atom stereocenters. The zero-order chi connectivity index (χ0) is 11.3. The molecule has 5 heteroatoms. The summed E-state index contributed by atoms with van der Waals surface area (Å²) in [6.45, 7) is 0. The van der Waals surface area contributed by atoms with E-state index in [-0.39, 0.29) is 6.00 Å². The van der Waals surface area contributed by atoms with E-state index in [4.69, 9.17) is 25.8 Å². The van der Waals surface area contributed by atoms with Gasteiger partial charge in [0, 0.05) is 12.1 Å². The molecule has 0 heterocycles. The molecule has 0 amide bonds. The first-order valence-electron chi connectivity index (χ1n) is 4.36. The number of benzene rings is 1. The maximum Gasteiger partial charge on any atom is 0.149 e. The van der Waals surface area contributed by atoms with E-state index in [1.54, 1.807) is 33.5 Å². The lowest BCUT2D eigenvalue weighted by atomic mass is 10.2. The van der Waals surface area contributed by atoms with Crippen molar-refractivity contribution >= 4 is 17.3 Å². The highest BCUT2D eigenvalue weighted by Gasteiger charge is 2.11. The van der Waals surface area contributed by atoms with Gasteiger partial charge in [0.1, 0.15) is 22.9 Å². The lowest BCUT2D eigenvalue weighted by molar-refractivity contribution is 0.378. The lowest BCUT2D eigenvalue weighted by Crippen LogP contribution is -2.01. The third-order valence-electron chi connectivity index (χ3n) is 1.96. The number of nitrogens with one attached hydrogen (secondary N) is 1. The average Bonchev–Trinajstić information content (AvgIpc) is 2.29. The monoisotopic (exact) mass is 231 g/mol. The summed E-state index contributed by atoms with van der Waals surface area (Å²) in [6.07, 6.45) is 0. The standard InChI is InChI=1S/C10H14ClNO3/c1-13-7-4-8(14-2)10(12-6-11)9(5-7)15-3/h4-5,12H,6H2,1-3H3. The molecule has 84 valence electrons. The minimum atomic E-state index is 0.277. The van der Waals surface area contributed by atoms with Crippen LogP contribution < -0.4 is 19.5 Å². The Hall–Kier alpha value is -1.29. The molecule has 0 unspecified atom stereocenters. The van der Waals surface area contributed by atoms with Crippen LogP contribution in [0.3, 0.4) is 0 Å². The first-order chi connectivity index (χ1) is 7.26. The number of ether oxygens (including phenoxy) is 3. The molecule has 0 saturated carbocycles. The van der Waals surface area contributed by atoms with E-state index >= 15 is 0 Å². The molecule has 4 nitrogen and oxygen atoms in total. The maximum absolute atomic E-state index is 5.61. The highest BCUT2D eigenvalue weighted by Crippen LogP contribution is 2.38. The molecule has 0 saturated heterocycles. The van der Waals surface area contributed by atoms with E-state index in [0.29, 0.717) is 17.2 Å². The minimum absolute atomic E-state index is 0.277. The Morgan fingerprint density at radius 2 is 1.60 bits per heavy atom. The molecule has 0 aromatic heterocycles. The van der Waals surface area contributed by atoms with Crippen molar-refractivity contribution in [1.29, 1.82) is 0 Å². The van der Waals surface area contributed by atoms with E-state index < -0.39 is 0 Å². The van der Waals surface area contributed by atoms with Gasteiger partial charge in [-0.25, -0.2) is 0 Å². The van der Waals surface area contributed by atoms with Crippen molar-refractivity contribution in [2.75, 3.05) is 32.7 Å². The summed E-state index contributed by atoms with van der Waals surface area (Å²) in [4.78, 5) is 0. The second-order valence-electron chi connectivity index (χ2n) is 2.72. The second kappa shape index (κ2) is 5.56. The number of hydrogen-bond acceptors (Lipinski definition) is 4. The van der Waals surface area contributed by atoms with Gasteiger partial charge >= 0.3 is 0 Å². The van der Waals surface area contributed by atoms with Gasteiger partial charge in [-0.1, -0.05) is 0 Å². The number of anilines is 1. The first-order valence-corrected chi connectivity index (χ1v) is 4.90. The van der Waals surface area contributed by atoms with Crippen LogP contribution in [0.15, 0.2) is 12.1 Å². The molecular weight excluding hydrogens is 218 g/mol. The van der Waals surface area contributed by atoms with Gasteiger partial charge in [0.25, 0.3) is 0 Å². The molecule has 15 heavy (non-hydrogen) atoms. The molecule has 1 aromatic rings. The van der Waals surface area contributed by atoms with Gasteiger partial charge in [-0.3, -0.25) is 0 Å². The molecule has 0 bridgehead atoms. The van der Waals surface area contributed by atoms with E-state index in [1.807, 2.05) is 0 Å². The Labute approximate surface area is 94.1 Å². The summed E-state index contributed by atoms with van der Waals surface area (Å²) >= 11 is 5.61. The predicted molar refractivity (Wildman–Crippen MR) is 60.4 cm³/mol. The normalized spacial score (nSPS) is 9.60. The zero-order valence-electron chi connectivity index (χ0n) is 8.96. The Balaban J connectivity index is 3.19.